The van der Waals surface area contributed by atoms with Gasteiger partial charge in [0.15, 0.2) is 5.13 Å². The van der Waals surface area contributed by atoms with Crippen molar-refractivity contribution in [2.45, 2.75) is 40.2 Å². The minimum atomic E-state index is -0.368. The fourth-order valence-corrected chi connectivity index (χ4v) is 6.07. The lowest BCUT2D eigenvalue weighted by Crippen LogP contribution is -2.57. The van der Waals surface area contributed by atoms with Gasteiger partial charge in [-0.15, -0.1) is 11.3 Å². The Morgan fingerprint density at radius 3 is 2.58 bits per heavy atom. The number of fused-ring (bicyclic) bond motifs is 1. The quantitative estimate of drug-likeness (QED) is 0.412. The van der Waals surface area contributed by atoms with Crippen LogP contribution >= 0.6 is 11.3 Å². The number of likely N-dealkylation sites (tertiary alicyclic amines) is 1. The summed E-state index contributed by atoms with van der Waals surface area (Å²) in [7, 11) is 2.02. The van der Waals surface area contributed by atoms with Crippen LogP contribution in [0.2, 0.25) is 0 Å². The normalized spacial score (nSPS) is 17.6. The van der Waals surface area contributed by atoms with Gasteiger partial charge in [0, 0.05) is 57.9 Å². The largest absolute Gasteiger partial charge is 0.389 e. The van der Waals surface area contributed by atoms with E-state index in [4.69, 9.17) is 9.97 Å². The average Bonchev–Trinajstić information content (AvgIpc) is 3.55. The molecule has 0 bridgehead atoms. The van der Waals surface area contributed by atoms with Crippen LogP contribution in [-0.4, -0.2) is 94.1 Å². The van der Waals surface area contributed by atoms with Gasteiger partial charge in [-0.25, -0.2) is 14.4 Å². The van der Waals surface area contributed by atoms with E-state index >= 15 is 0 Å². The summed E-state index contributed by atoms with van der Waals surface area (Å²) < 4.78 is 15.4. The molecule has 2 aliphatic heterocycles. The molecule has 2 fully saturated rings. The van der Waals surface area contributed by atoms with Gasteiger partial charge in [0.25, 0.3) is 0 Å². The van der Waals surface area contributed by atoms with Gasteiger partial charge in [0.2, 0.25) is 5.91 Å². The number of carbonyl (C=O) groups is 1. The third-order valence-electron chi connectivity index (χ3n) is 7.64. The summed E-state index contributed by atoms with van der Waals surface area (Å²) in [4.78, 5) is 30.7. The van der Waals surface area contributed by atoms with Crippen LogP contribution in [0.3, 0.4) is 0 Å². The van der Waals surface area contributed by atoms with Crippen molar-refractivity contribution in [3.63, 3.8) is 0 Å². The Morgan fingerprint density at radius 2 is 1.93 bits per heavy atom. The zero-order valence-corrected chi connectivity index (χ0v) is 24.7. The molecule has 5 heterocycles. The molecule has 1 amide bonds. The van der Waals surface area contributed by atoms with E-state index in [1.165, 1.54) is 13.0 Å². The summed E-state index contributed by atoms with van der Waals surface area (Å²) in [6.45, 7) is 12.2. The van der Waals surface area contributed by atoms with E-state index in [0.29, 0.717) is 19.6 Å². The molecule has 2 saturated heterocycles. The number of amides is 1. The highest BCUT2D eigenvalue weighted by Crippen LogP contribution is 2.34. The van der Waals surface area contributed by atoms with Crippen molar-refractivity contribution in [1.29, 1.82) is 0 Å². The van der Waals surface area contributed by atoms with Gasteiger partial charge >= 0.3 is 0 Å². The minimum Gasteiger partial charge on any atom is -0.389 e. The molecule has 9 nitrogen and oxygen atoms in total. The van der Waals surface area contributed by atoms with Crippen molar-refractivity contribution in [3.8, 4) is 0 Å². The standard InChI is InChI=1S/C29H38FN7O2S/c1-6-24-28(33(5)29-32-25(18-40-29)19(2)7-8-21(4)30)37-14-22(13-20(3)27(37)31-24)35-11-9-34(10-12-35)17-26(39)36-15-23(38)16-36/h7-8,13-14,18,23,38H,6,9-12,15-17H2,1-5H3/b19-7+,21-8+. The van der Waals surface area contributed by atoms with E-state index in [2.05, 4.69) is 45.2 Å². The van der Waals surface area contributed by atoms with Crippen LogP contribution in [0.1, 0.15) is 37.7 Å². The van der Waals surface area contributed by atoms with Crippen molar-refractivity contribution in [2.75, 3.05) is 62.7 Å². The second-order valence-corrected chi connectivity index (χ2v) is 11.5. The fraction of sp³-hybridized carbons (Fsp3) is 0.483. The number of imidazole rings is 1. The van der Waals surface area contributed by atoms with Crippen molar-refractivity contribution >= 4 is 45.1 Å². The number of hydrogen-bond acceptors (Lipinski definition) is 8. The number of aryl methyl sites for hydroxylation is 2. The Balaban J connectivity index is 1.36. The number of halogens is 1. The third-order valence-corrected chi connectivity index (χ3v) is 8.56. The van der Waals surface area contributed by atoms with E-state index in [-0.39, 0.29) is 17.8 Å². The zero-order chi connectivity index (χ0) is 28.6. The fourth-order valence-electron chi connectivity index (χ4n) is 5.22. The van der Waals surface area contributed by atoms with Crippen molar-refractivity contribution in [3.05, 3.63) is 52.6 Å². The topological polar surface area (TPSA) is 80.5 Å². The summed E-state index contributed by atoms with van der Waals surface area (Å²) in [6.07, 6.45) is 5.79. The van der Waals surface area contributed by atoms with Crippen LogP contribution in [0.25, 0.3) is 11.2 Å². The summed E-state index contributed by atoms with van der Waals surface area (Å²) in [5.74, 6) is 0.850. The van der Waals surface area contributed by atoms with Gasteiger partial charge in [-0.05, 0) is 50.5 Å². The maximum absolute atomic E-state index is 13.2. The molecule has 40 heavy (non-hydrogen) atoms. The Morgan fingerprint density at radius 1 is 1.20 bits per heavy atom. The van der Waals surface area contributed by atoms with Crippen LogP contribution in [0.15, 0.2) is 35.6 Å². The Kier molecular flexibility index (Phi) is 8.25. The molecule has 5 rings (SSSR count). The predicted octanol–water partition coefficient (Wildman–Crippen LogP) is 4.03. The first-order chi connectivity index (χ1) is 19.1. The first kappa shape index (κ1) is 28.3. The second-order valence-electron chi connectivity index (χ2n) is 10.7. The summed E-state index contributed by atoms with van der Waals surface area (Å²) >= 11 is 1.55. The Hall–Kier alpha value is -3.28. The number of hydrogen-bond donors (Lipinski definition) is 1. The van der Waals surface area contributed by atoms with Gasteiger partial charge in [-0.1, -0.05) is 13.0 Å². The van der Waals surface area contributed by atoms with Gasteiger partial charge in [-0.3, -0.25) is 14.1 Å². The van der Waals surface area contributed by atoms with E-state index in [0.717, 1.165) is 77.4 Å². The van der Waals surface area contributed by atoms with Gasteiger partial charge in [0.05, 0.1) is 35.6 Å². The highest BCUT2D eigenvalue weighted by atomic mass is 32.1. The molecule has 1 N–H and O–H groups in total. The van der Waals surface area contributed by atoms with Crippen LogP contribution < -0.4 is 9.80 Å². The molecule has 214 valence electrons. The molecule has 0 saturated carbocycles. The van der Waals surface area contributed by atoms with Crippen molar-refractivity contribution < 1.29 is 14.3 Å². The molecule has 3 aromatic rings. The molecule has 0 unspecified atom stereocenters. The number of allylic oxidation sites excluding steroid dienone is 4. The maximum atomic E-state index is 13.2. The van der Waals surface area contributed by atoms with E-state index in [1.807, 2.05) is 19.4 Å². The molecule has 3 aromatic heterocycles. The number of thiazole rings is 1. The number of aliphatic hydroxyl groups is 1. The monoisotopic (exact) mass is 567 g/mol. The lowest BCUT2D eigenvalue weighted by atomic mass is 10.1. The molecule has 0 spiro atoms. The van der Waals surface area contributed by atoms with E-state index < -0.39 is 0 Å². The van der Waals surface area contributed by atoms with E-state index in [1.54, 1.807) is 22.3 Å². The number of piperazine rings is 1. The number of β-amino-alcohol motifs (C(OH)–C–C–N with tert-alkyl or cyclic N) is 1. The average molecular weight is 568 g/mol. The molecule has 11 heteroatoms. The minimum absolute atomic E-state index is 0.0965. The van der Waals surface area contributed by atoms with Crippen molar-refractivity contribution in [2.24, 2.45) is 0 Å². The molecule has 2 aliphatic rings. The Bertz CT molecular complexity index is 1440. The first-order valence-electron chi connectivity index (χ1n) is 13.8. The first-order valence-corrected chi connectivity index (χ1v) is 14.7. The van der Waals surface area contributed by atoms with Crippen LogP contribution in [0.4, 0.5) is 21.0 Å². The maximum Gasteiger partial charge on any atom is 0.236 e. The van der Waals surface area contributed by atoms with Crippen molar-refractivity contribution in [1.82, 2.24) is 24.2 Å². The molecule has 0 radical (unpaired) electrons. The SMILES string of the molecule is CCc1nc2c(C)cc(N3CCN(CC(=O)N4CC(O)C4)CC3)cn2c1N(C)c1nc(/C(C)=C/C=C(\C)F)cs1. The Labute approximate surface area is 238 Å². The number of aliphatic hydroxyl groups excluding tert-OH is 1. The smallest absolute Gasteiger partial charge is 0.236 e. The van der Waals surface area contributed by atoms with Crippen LogP contribution in [-0.2, 0) is 11.2 Å². The van der Waals surface area contributed by atoms with Gasteiger partial charge < -0.3 is 19.8 Å². The highest BCUT2D eigenvalue weighted by molar-refractivity contribution is 7.13. The number of carbonyl (C=O) groups excluding carboxylic acids is 1. The third kappa shape index (κ3) is 5.77. The summed E-state index contributed by atoms with van der Waals surface area (Å²) in [5, 5.41) is 12.3. The summed E-state index contributed by atoms with van der Waals surface area (Å²) in [5.41, 5.74) is 5.90. The highest BCUT2D eigenvalue weighted by Gasteiger charge is 2.30. The lowest BCUT2D eigenvalue weighted by Gasteiger charge is -2.39. The number of pyridine rings is 1. The van der Waals surface area contributed by atoms with Gasteiger partial charge in [0.1, 0.15) is 11.5 Å². The predicted molar refractivity (Wildman–Crippen MR) is 159 cm³/mol. The molecule has 0 aliphatic carbocycles. The number of aromatic nitrogens is 3. The lowest BCUT2D eigenvalue weighted by molar-refractivity contribution is -0.142. The van der Waals surface area contributed by atoms with Crippen LogP contribution in [0.5, 0.6) is 0 Å². The number of anilines is 3. The zero-order valence-electron chi connectivity index (χ0n) is 23.9. The number of nitrogens with zero attached hydrogens (tertiary/aromatic N) is 7. The number of rotatable bonds is 8. The molecular weight excluding hydrogens is 529 g/mol. The van der Waals surface area contributed by atoms with Gasteiger partial charge in [-0.2, -0.15) is 0 Å². The van der Waals surface area contributed by atoms with Crippen LogP contribution in [0, 0.1) is 6.92 Å². The molecule has 0 aromatic carbocycles. The second kappa shape index (κ2) is 11.7. The molecular formula is C29H38FN7O2S. The van der Waals surface area contributed by atoms with E-state index in [9.17, 15) is 14.3 Å². The molecule has 0 atom stereocenters. The summed E-state index contributed by atoms with van der Waals surface area (Å²) in [6, 6.07) is 2.20.